The lowest BCUT2D eigenvalue weighted by molar-refractivity contribution is -0.156. The second kappa shape index (κ2) is 9.03. The molecule has 172 valence electrons. The minimum Gasteiger partial charge on any atom is -0.459 e. The van der Waals surface area contributed by atoms with Crippen molar-refractivity contribution in [1.29, 1.82) is 0 Å². The molecule has 1 aliphatic rings. The summed E-state index contributed by atoms with van der Waals surface area (Å²) in [5.41, 5.74) is 12.0. The largest absolute Gasteiger partial charge is 0.459 e. The molecule has 0 radical (unpaired) electrons. The minimum absolute atomic E-state index is 0.0941. The Hall–Kier alpha value is -2.34. The number of hydrogen-bond donors (Lipinski definition) is 4. The highest BCUT2D eigenvalue weighted by atomic mass is 16.6. The van der Waals surface area contributed by atoms with Gasteiger partial charge in [0.1, 0.15) is 35.7 Å². The van der Waals surface area contributed by atoms with Gasteiger partial charge in [-0.3, -0.25) is 9.36 Å². The first kappa shape index (κ1) is 23.3. The molecule has 0 spiro atoms. The molecule has 0 aromatic carbocycles. The van der Waals surface area contributed by atoms with E-state index in [1.165, 1.54) is 12.7 Å². The third-order valence-electron chi connectivity index (χ3n) is 5.31. The Morgan fingerprint density at radius 1 is 1.26 bits per heavy atom. The number of esters is 1. The third-order valence-corrected chi connectivity index (χ3v) is 5.31. The number of nitrogens with two attached hydrogens (primary N) is 2. The van der Waals surface area contributed by atoms with Crippen molar-refractivity contribution in [1.82, 2.24) is 19.5 Å². The number of carbonyl (C=O) groups is 1. The highest BCUT2D eigenvalue weighted by Gasteiger charge is 2.44. The van der Waals surface area contributed by atoms with Gasteiger partial charge in [-0.05, 0) is 46.0 Å². The molecule has 3 rings (SSSR count). The van der Waals surface area contributed by atoms with E-state index < -0.39 is 42.2 Å². The fraction of sp³-hybridized carbons (Fsp3) is 0.700. The molecule has 11 nitrogen and oxygen atoms in total. The topological polar surface area (TPSA) is 172 Å². The summed E-state index contributed by atoms with van der Waals surface area (Å²) in [4.78, 5) is 24.3. The normalized spacial score (nSPS) is 26.2. The standard InChI is InChI=1S/C20H32N6O5/c1-10(5-6-11(21)19(29)31-20(2,3)4)7-12-14(27)15(28)18(30-12)26-9-25-13-16(22)23-8-24-17(13)26/h8-12,14-15,18,27-28H,5-7,21H2,1-4H3,(H2,22,23,24)/t10-,11-,12+,14+,15+,18+/m0/s1. The zero-order valence-electron chi connectivity index (χ0n) is 18.3. The van der Waals surface area contributed by atoms with Crippen LogP contribution in [0.25, 0.3) is 11.2 Å². The van der Waals surface area contributed by atoms with Crippen molar-refractivity contribution in [3.8, 4) is 0 Å². The van der Waals surface area contributed by atoms with Crippen LogP contribution in [0.5, 0.6) is 0 Å². The number of nitrogens with zero attached hydrogens (tertiary/aromatic N) is 4. The molecule has 0 saturated carbocycles. The summed E-state index contributed by atoms with van der Waals surface area (Å²) < 4.78 is 12.8. The Balaban J connectivity index is 1.59. The Labute approximate surface area is 180 Å². The number of aliphatic hydroxyl groups is 2. The van der Waals surface area contributed by atoms with Crippen LogP contribution in [0.3, 0.4) is 0 Å². The number of anilines is 1. The van der Waals surface area contributed by atoms with Crippen molar-refractivity contribution in [2.45, 2.75) is 83.1 Å². The van der Waals surface area contributed by atoms with Gasteiger partial charge in [0.15, 0.2) is 17.7 Å². The molecule has 11 heteroatoms. The maximum atomic E-state index is 12.0. The van der Waals surface area contributed by atoms with E-state index in [9.17, 15) is 15.0 Å². The highest BCUT2D eigenvalue weighted by Crippen LogP contribution is 2.35. The smallest absolute Gasteiger partial charge is 0.323 e. The molecular formula is C20H32N6O5. The average molecular weight is 437 g/mol. The molecule has 6 N–H and O–H groups in total. The second-order valence-corrected chi connectivity index (χ2v) is 9.19. The molecule has 3 heterocycles. The fourth-order valence-electron chi connectivity index (χ4n) is 3.68. The van der Waals surface area contributed by atoms with Gasteiger partial charge in [-0.2, -0.15) is 0 Å². The first-order chi connectivity index (χ1) is 14.5. The first-order valence-corrected chi connectivity index (χ1v) is 10.4. The Bertz CT molecular complexity index is 913. The van der Waals surface area contributed by atoms with Crippen molar-refractivity contribution >= 4 is 23.0 Å². The van der Waals surface area contributed by atoms with Crippen LogP contribution in [0.15, 0.2) is 12.7 Å². The first-order valence-electron chi connectivity index (χ1n) is 10.4. The SMILES string of the molecule is C[C@@H](CC[C@H](N)C(=O)OC(C)(C)C)C[C@H]1O[C@@H](n2cnc3c(N)ncnc32)[C@H](O)[C@@H]1O. The third kappa shape index (κ3) is 5.29. The van der Waals surface area contributed by atoms with Crippen molar-refractivity contribution in [3.63, 3.8) is 0 Å². The van der Waals surface area contributed by atoms with Crippen LogP contribution in [-0.4, -0.2) is 65.7 Å². The van der Waals surface area contributed by atoms with Gasteiger partial charge in [0, 0.05) is 0 Å². The molecule has 0 amide bonds. The lowest BCUT2D eigenvalue weighted by atomic mass is 9.93. The fourth-order valence-corrected chi connectivity index (χ4v) is 3.68. The number of imidazole rings is 1. The van der Waals surface area contributed by atoms with Gasteiger partial charge < -0.3 is 31.2 Å². The summed E-state index contributed by atoms with van der Waals surface area (Å²) in [5, 5.41) is 21.1. The quantitative estimate of drug-likeness (QED) is 0.448. The lowest BCUT2D eigenvalue weighted by Gasteiger charge is -2.23. The van der Waals surface area contributed by atoms with Crippen molar-refractivity contribution in [2.75, 3.05) is 5.73 Å². The number of hydrogen-bond acceptors (Lipinski definition) is 10. The summed E-state index contributed by atoms with van der Waals surface area (Å²) in [6, 6.07) is -0.711. The Morgan fingerprint density at radius 2 is 1.97 bits per heavy atom. The van der Waals surface area contributed by atoms with Gasteiger partial charge in [-0.25, -0.2) is 15.0 Å². The number of aromatic nitrogens is 4. The van der Waals surface area contributed by atoms with Crippen LogP contribution >= 0.6 is 0 Å². The monoisotopic (exact) mass is 436 g/mol. The molecule has 31 heavy (non-hydrogen) atoms. The molecule has 0 unspecified atom stereocenters. The predicted molar refractivity (Wildman–Crippen MR) is 112 cm³/mol. The highest BCUT2D eigenvalue weighted by molar-refractivity contribution is 5.81. The summed E-state index contributed by atoms with van der Waals surface area (Å²) in [6.45, 7) is 7.37. The number of rotatable bonds is 7. The molecule has 0 aliphatic carbocycles. The van der Waals surface area contributed by atoms with Gasteiger partial charge in [0.05, 0.1) is 12.4 Å². The summed E-state index contributed by atoms with van der Waals surface area (Å²) >= 11 is 0. The second-order valence-electron chi connectivity index (χ2n) is 9.19. The average Bonchev–Trinajstić information content (AvgIpc) is 3.22. The molecule has 1 saturated heterocycles. The van der Waals surface area contributed by atoms with Crippen LogP contribution in [0, 0.1) is 5.92 Å². The molecule has 2 aromatic heterocycles. The van der Waals surface area contributed by atoms with E-state index in [1.807, 2.05) is 6.92 Å². The number of fused-ring (bicyclic) bond motifs is 1. The van der Waals surface area contributed by atoms with E-state index in [0.29, 0.717) is 30.4 Å². The molecule has 1 fully saturated rings. The molecule has 2 aromatic rings. The van der Waals surface area contributed by atoms with E-state index in [4.69, 9.17) is 20.9 Å². The van der Waals surface area contributed by atoms with Crippen LogP contribution in [0.2, 0.25) is 0 Å². The molecule has 6 atom stereocenters. The zero-order valence-corrected chi connectivity index (χ0v) is 18.3. The maximum absolute atomic E-state index is 12.0. The number of ether oxygens (including phenoxy) is 2. The van der Waals surface area contributed by atoms with E-state index >= 15 is 0 Å². The van der Waals surface area contributed by atoms with E-state index in [2.05, 4.69) is 15.0 Å². The van der Waals surface area contributed by atoms with Gasteiger partial charge in [0.25, 0.3) is 0 Å². The van der Waals surface area contributed by atoms with Gasteiger partial charge in [0.2, 0.25) is 0 Å². The van der Waals surface area contributed by atoms with Gasteiger partial charge in [-0.1, -0.05) is 6.92 Å². The summed E-state index contributed by atoms with van der Waals surface area (Å²) in [6.07, 6.45) is 0.666. The van der Waals surface area contributed by atoms with Crippen LogP contribution < -0.4 is 11.5 Å². The van der Waals surface area contributed by atoms with Crippen molar-refractivity contribution < 1.29 is 24.5 Å². The van der Waals surface area contributed by atoms with Gasteiger partial charge >= 0.3 is 5.97 Å². The van der Waals surface area contributed by atoms with Crippen LogP contribution in [0.1, 0.15) is 53.2 Å². The zero-order chi connectivity index (χ0) is 22.9. The molecular weight excluding hydrogens is 404 g/mol. The lowest BCUT2D eigenvalue weighted by Crippen LogP contribution is -2.37. The molecule has 1 aliphatic heterocycles. The number of nitrogen functional groups attached to an aromatic ring is 1. The van der Waals surface area contributed by atoms with Crippen LogP contribution in [0.4, 0.5) is 5.82 Å². The van der Waals surface area contributed by atoms with Crippen LogP contribution in [-0.2, 0) is 14.3 Å². The Morgan fingerprint density at radius 3 is 2.65 bits per heavy atom. The number of carbonyl (C=O) groups excluding carboxylic acids is 1. The molecule has 0 bridgehead atoms. The van der Waals surface area contributed by atoms with Gasteiger partial charge in [-0.15, -0.1) is 0 Å². The minimum atomic E-state index is -1.16. The predicted octanol–water partition coefficient (Wildman–Crippen LogP) is 0.503. The van der Waals surface area contributed by atoms with Crippen molar-refractivity contribution in [2.24, 2.45) is 11.7 Å². The van der Waals surface area contributed by atoms with E-state index in [0.717, 1.165) is 0 Å². The summed E-state index contributed by atoms with van der Waals surface area (Å²) in [5.74, 6) is -0.111. The van der Waals surface area contributed by atoms with Crippen molar-refractivity contribution in [3.05, 3.63) is 12.7 Å². The maximum Gasteiger partial charge on any atom is 0.323 e. The van der Waals surface area contributed by atoms with E-state index in [-0.39, 0.29) is 11.7 Å². The Kier molecular flexibility index (Phi) is 6.79. The number of aliphatic hydroxyl groups excluding tert-OH is 2. The summed E-state index contributed by atoms with van der Waals surface area (Å²) in [7, 11) is 0. The van der Waals surface area contributed by atoms with E-state index in [1.54, 1.807) is 25.3 Å².